The molecule has 3 fully saturated rings. The minimum Gasteiger partial charge on any atom is -0.467 e. The Kier molecular flexibility index (Phi) is 2.97. The fourth-order valence-electron chi connectivity index (χ4n) is 3.58. The minimum absolute atomic E-state index is 0.0784. The van der Waals surface area contributed by atoms with Crippen molar-refractivity contribution in [2.75, 3.05) is 7.11 Å². The van der Waals surface area contributed by atoms with Crippen molar-refractivity contribution in [3.8, 4) is 0 Å². The summed E-state index contributed by atoms with van der Waals surface area (Å²) in [5.74, 6) is -1.92. The normalized spacial score (nSPS) is 44.8. The number of fused-ring (bicyclic) bond motifs is 3. The van der Waals surface area contributed by atoms with Crippen LogP contribution in [0, 0.1) is 0 Å². The zero-order valence-corrected chi connectivity index (χ0v) is 12.6. The molecule has 20 heavy (non-hydrogen) atoms. The second-order valence-corrected chi connectivity index (χ2v) is 6.60. The van der Waals surface area contributed by atoms with E-state index in [9.17, 15) is 4.79 Å². The predicted octanol–water partition coefficient (Wildman–Crippen LogP) is 1.36. The summed E-state index contributed by atoms with van der Waals surface area (Å²) in [5, 5.41) is 0. The highest BCUT2D eigenvalue weighted by atomic mass is 16.8. The second kappa shape index (κ2) is 4.16. The standard InChI is InChI=1S/C14H22O6/c1-12(2)17-8-6-7-14(11(15)16-5)10(9(8)18-12)19-13(3,4)20-14/h8-10H,6-7H2,1-5H3/t8-,9-,10+,14-/m0/s1. The van der Waals surface area contributed by atoms with Crippen LogP contribution in [0.1, 0.15) is 40.5 Å². The van der Waals surface area contributed by atoms with Gasteiger partial charge in [-0.2, -0.15) is 0 Å². The predicted molar refractivity (Wildman–Crippen MR) is 67.8 cm³/mol. The largest absolute Gasteiger partial charge is 0.467 e. The third-order valence-corrected chi connectivity index (χ3v) is 4.15. The molecule has 2 heterocycles. The highest BCUT2D eigenvalue weighted by Crippen LogP contribution is 2.50. The molecule has 0 unspecified atom stereocenters. The van der Waals surface area contributed by atoms with Gasteiger partial charge in [0.2, 0.25) is 0 Å². The quantitative estimate of drug-likeness (QED) is 0.678. The van der Waals surface area contributed by atoms with Gasteiger partial charge in [0.1, 0.15) is 12.2 Å². The van der Waals surface area contributed by atoms with E-state index in [0.717, 1.165) is 0 Å². The van der Waals surface area contributed by atoms with E-state index in [4.69, 9.17) is 23.7 Å². The van der Waals surface area contributed by atoms with Gasteiger partial charge in [0.05, 0.1) is 13.2 Å². The summed E-state index contributed by atoms with van der Waals surface area (Å²) >= 11 is 0. The van der Waals surface area contributed by atoms with Crippen LogP contribution in [0.3, 0.4) is 0 Å². The fraction of sp³-hybridized carbons (Fsp3) is 0.929. The van der Waals surface area contributed by atoms with Gasteiger partial charge in [-0.15, -0.1) is 0 Å². The zero-order valence-electron chi connectivity index (χ0n) is 12.6. The van der Waals surface area contributed by atoms with Crippen molar-refractivity contribution < 1.29 is 28.5 Å². The van der Waals surface area contributed by atoms with Gasteiger partial charge in [-0.3, -0.25) is 0 Å². The Morgan fingerprint density at radius 3 is 2.45 bits per heavy atom. The van der Waals surface area contributed by atoms with E-state index in [0.29, 0.717) is 12.8 Å². The molecule has 2 aliphatic heterocycles. The Morgan fingerprint density at radius 2 is 1.80 bits per heavy atom. The van der Waals surface area contributed by atoms with Crippen molar-refractivity contribution in [3.05, 3.63) is 0 Å². The Labute approximate surface area is 118 Å². The molecule has 1 saturated carbocycles. The van der Waals surface area contributed by atoms with Crippen LogP contribution >= 0.6 is 0 Å². The lowest BCUT2D eigenvalue weighted by Crippen LogP contribution is -2.59. The molecule has 0 radical (unpaired) electrons. The first-order valence-corrected chi connectivity index (χ1v) is 7.01. The van der Waals surface area contributed by atoms with E-state index >= 15 is 0 Å². The molecule has 3 rings (SSSR count). The number of hydrogen-bond donors (Lipinski definition) is 0. The maximum atomic E-state index is 12.3. The van der Waals surface area contributed by atoms with Gasteiger partial charge in [-0.25, -0.2) is 4.79 Å². The first kappa shape index (κ1) is 14.3. The van der Waals surface area contributed by atoms with Crippen LogP contribution < -0.4 is 0 Å². The maximum Gasteiger partial charge on any atom is 0.341 e. The Balaban J connectivity index is 1.96. The zero-order chi connectivity index (χ0) is 14.8. The monoisotopic (exact) mass is 286 g/mol. The lowest BCUT2D eigenvalue weighted by atomic mass is 9.79. The summed E-state index contributed by atoms with van der Waals surface area (Å²) in [5.41, 5.74) is -1.09. The second-order valence-electron chi connectivity index (χ2n) is 6.60. The molecular weight excluding hydrogens is 264 g/mol. The highest BCUT2D eigenvalue weighted by molar-refractivity contribution is 5.81. The van der Waals surface area contributed by atoms with Crippen molar-refractivity contribution in [1.29, 1.82) is 0 Å². The first-order chi connectivity index (χ1) is 9.19. The van der Waals surface area contributed by atoms with Crippen LogP contribution in [-0.2, 0) is 28.5 Å². The summed E-state index contributed by atoms with van der Waals surface area (Å²) in [4.78, 5) is 12.3. The van der Waals surface area contributed by atoms with E-state index in [2.05, 4.69) is 0 Å². The molecule has 0 N–H and O–H groups in total. The van der Waals surface area contributed by atoms with Crippen molar-refractivity contribution >= 4 is 5.97 Å². The van der Waals surface area contributed by atoms with Gasteiger partial charge < -0.3 is 23.7 Å². The van der Waals surface area contributed by atoms with Gasteiger partial charge in [0.15, 0.2) is 17.2 Å². The van der Waals surface area contributed by atoms with Crippen LogP contribution in [-0.4, -0.2) is 48.6 Å². The third kappa shape index (κ3) is 1.97. The van der Waals surface area contributed by atoms with Crippen LogP contribution in [0.5, 0.6) is 0 Å². The Morgan fingerprint density at radius 1 is 1.10 bits per heavy atom. The number of esters is 1. The van der Waals surface area contributed by atoms with Crippen LogP contribution in [0.4, 0.5) is 0 Å². The molecule has 3 aliphatic rings. The van der Waals surface area contributed by atoms with E-state index in [1.165, 1.54) is 7.11 Å². The average Bonchev–Trinajstić information content (AvgIpc) is 2.80. The van der Waals surface area contributed by atoms with Gasteiger partial charge in [0, 0.05) is 0 Å². The summed E-state index contributed by atoms with van der Waals surface area (Å²) in [6.07, 6.45) is 0.281. The average molecular weight is 286 g/mol. The van der Waals surface area contributed by atoms with Crippen molar-refractivity contribution in [2.24, 2.45) is 0 Å². The topological polar surface area (TPSA) is 63.2 Å². The molecule has 0 aromatic heterocycles. The Hall–Kier alpha value is -0.690. The van der Waals surface area contributed by atoms with Gasteiger partial charge in [0.25, 0.3) is 0 Å². The molecule has 4 atom stereocenters. The van der Waals surface area contributed by atoms with E-state index in [1.54, 1.807) is 13.8 Å². The number of carbonyl (C=O) groups is 1. The van der Waals surface area contributed by atoms with Crippen LogP contribution in [0.2, 0.25) is 0 Å². The van der Waals surface area contributed by atoms with Crippen LogP contribution in [0.15, 0.2) is 0 Å². The number of methoxy groups -OCH3 is 1. The molecule has 1 aliphatic carbocycles. The number of carbonyl (C=O) groups excluding carboxylic acids is 1. The molecule has 0 aromatic rings. The molecule has 0 spiro atoms. The molecule has 114 valence electrons. The summed E-state index contributed by atoms with van der Waals surface area (Å²) in [6.45, 7) is 7.33. The Bertz CT molecular complexity index is 431. The summed E-state index contributed by atoms with van der Waals surface area (Å²) < 4.78 is 28.7. The van der Waals surface area contributed by atoms with Crippen molar-refractivity contribution in [1.82, 2.24) is 0 Å². The molecule has 0 aromatic carbocycles. The van der Waals surface area contributed by atoms with E-state index < -0.39 is 29.2 Å². The molecular formula is C14H22O6. The maximum absolute atomic E-state index is 12.3. The van der Waals surface area contributed by atoms with Gasteiger partial charge in [-0.05, 0) is 40.5 Å². The summed E-state index contributed by atoms with van der Waals surface area (Å²) in [7, 11) is 1.37. The molecule has 6 heteroatoms. The molecule has 0 amide bonds. The first-order valence-electron chi connectivity index (χ1n) is 7.01. The molecule has 6 nitrogen and oxygen atoms in total. The third-order valence-electron chi connectivity index (χ3n) is 4.15. The smallest absolute Gasteiger partial charge is 0.341 e. The lowest BCUT2D eigenvalue weighted by molar-refractivity contribution is -0.190. The van der Waals surface area contributed by atoms with Gasteiger partial charge >= 0.3 is 5.97 Å². The van der Waals surface area contributed by atoms with Crippen LogP contribution in [0.25, 0.3) is 0 Å². The van der Waals surface area contributed by atoms with E-state index in [1.807, 2.05) is 13.8 Å². The number of rotatable bonds is 1. The molecule has 2 saturated heterocycles. The lowest BCUT2D eigenvalue weighted by Gasteiger charge is -2.38. The molecule has 0 bridgehead atoms. The van der Waals surface area contributed by atoms with Crippen molar-refractivity contribution in [3.63, 3.8) is 0 Å². The number of hydrogen-bond acceptors (Lipinski definition) is 6. The minimum atomic E-state index is -1.09. The van der Waals surface area contributed by atoms with Crippen molar-refractivity contribution in [2.45, 2.75) is 76.0 Å². The SMILES string of the molecule is COC(=O)[C@]12CC[C@@H]3OC(C)(C)O[C@@H]3[C@H]1OC(C)(C)O2. The van der Waals surface area contributed by atoms with Gasteiger partial charge in [-0.1, -0.05) is 0 Å². The number of ether oxygens (including phenoxy) is 5. The highest BCUT2D eigenvalue weighted by Gasteiger charge is 2.67. The summed E-state index contributed by atoms with van der Waals surface area (Å²) in [6, 6.07) is 0. The fourth-order valence-corrected chi connectivity index (χ4v) is 3.58. The van der Waals surface area contributed by atoms with E-state index in [-0.39, 0.29) is 12.2 Å².